The van der Waals surface area contributed by atoms with Crippen molar-refractivity contribution in [2.75, 3.05) is 0 Å². The van der Waals surface area contributed by atoms with Crippen LogP contribution in [-0.4, -0.2) is 11.8 Å². The summed E-state index contributed by atoms with van der Waals surface area (Å²) in [5.41, 5.74) is 5.80. The van der Waals surface area contributed by atoms with Crippen LogP contribution < -0.4 is 5.73 Å². The van der Waals surface area contributed by atoms with E-state index in [2.05, 4.69) is 0 Å². The van der Waals surface area contributed by atoms with Gasteiger partial charge in [0.1, 0.15) is 0 Å². The molecule has 2 unspecified atom stereocenters. The van der Waals surface area contributed by atoms with Crippen LogP contribution in [0.1, 0.15) is 40.7 Å². The summed E-state index contributed by atoms with van der Waals surface area (Å²) in [5.74, 6) is -0.232. The summed E-state index contributed by atoms with van der Waals surface area (Å²) in [6, 6.07) is 3.31. The van der Waals surface area contributed by atoms with E-state index in [9.17, 15) is 18.0 Å². The van der Waals surface area contributed by atoms with E-state index < -0.39 is 11.7 Å². The van der Waals surface area contributed by atoms with Crippen molar-refractivity contribution in [3.63, 3.8) is 0 Å². The highest BCUT2D eigenvalue weighted by Crippen LogP contribution is 2.32. The second-order valence-corrected chi connectivity index (χ2v) is 5.16. The summed E-state index contributed by atoms with van der Waals surface area (Å²) < 4.78 is 37.7. The highest BCUT2D eigenvalue weighted by molar-refractivity contribution is 5.99. The molecular weight excluding hydrogens is 255 g/mol. The molecule has 1 aromatic carbocycles. The third kappa shape index (κ3) is 2.97. The van der Waals surface area contributed by atoms with Gasteiger partial charge in [0.25, 0.3) is 0 Å². The standard InChI is InChI=1S/C14H16F3NO/c1-8-6-10(14(15,16)17)3-5-12(8)13(19)9-2-4-11(18)7-9/h3,5-6,9,11H,2,4,7,18H2,1H3. The molecular formula is C14H16F3NO. The van der Waals surface area contributed by atoms with Gasteiger partial charge in [0.15, 0.2) is 5.78 Å². The predicted molar refractivity (Wildman–Crippen MR) is 65.8 cm³/mol. The zero-order valence-corrected chi connectivity index (χ0v) is 10.6. The Bertz CT molecular complexity index is 496. The highest BCUT2D eigenvalue weighted by atomic mass is 19.4. The van der Waals surface area contributed by atoms with Crippen molar-refractivity contribution in [2.45, 2.75) is 38.4 Å². The Hall–Kier alpha value is -1.36. The number of hydrogen-bond donors (Lipinski definition) is 1. The van der Waals surface area contributed by atoms with Gasteiger partial charge in [0, 0.05) is 17.5 Å². The first-order valence-corrected chi connectivity index (χ1v) is 6.26. The summed E-state index contributed by atoms with van der Waals surface area (Å²) in [4.78, 5) is 12.2. The van der Waals surface area contributed by atoms with Crippen molar-refractivity contribution in [3.8, 4) is 0 Å². The molecule has 1 aliphatic carbocycles. The molecule has 0 radical (unpaired) electrons. The van der Waals surface area contributed by atoms with Crippen LogP contribution in [-0.2, 0) is 6.18 Å². The van der Waals surface area contributed by atoms with Gasteiger partial charge in [0.2, 0.25) is 0 Å². The number of aryl methyl sites for hydroxylation is 1. The van der Waals surface area contributed by atoms with Gasteiger partial charge in [-0.05, 0) is 43.9 Å². The first-order chi connectivity index (χ1) is 8.79. The maximum atomic E-state index is 12.6. The lowest BCUT2D eigenvalue weighted by molar-refractivity contribution is -0.137. The lowest BCUT2D eigenvalue weighted by Gasteiger charge is -2.13. The fraction of sp³-hybridized carbons (Fsp3) is 0.500. The minimum Gasteiger partial charge on any atom is -0.328 e. The molecule has 2 atom stereocenters. The number of alkyl halides is 3. The van der Waals surface area contributed by atoms with Crippen LogP contribution in [0.4, 0.5) is 13.2 Å². The number of ketones is 1. The van der Waals surface area contributed by atoms with Crippen LogP contribution >= 0.6 is 0 Å². The van der Waals surface area contributed by atoms with E-state index in [-0.39, 0.29) is 17.7 Å². The molecule has 1 aromatic rings. The third-order valence-corrected chi connectivity index (χ3v) is 3.66. The van der Waals surface area contributed by atoms with Crippen molar-refractivity contribution in [1.82, 2.24) is 0 Å². The van der Waals surface area contributed by atoms with E-state index in [4.69, 9.17) is 5.73 Å². The number of halogens is 3. The summed E-state index contributed by atoms with van der Waals surface area (Å²) >= 11 is 0. The van der Waals surface area contributed by atoms with Crippen molar-refractivity contribution in [2.24, 2.45) is 11.7 Å². The van der Waals surface area contributed by atoms with Crippen molar-refractivity contribution in [3.05, 3.63) is 34.9 Å². The van der Waals surface area contributed by atoms with Gasteiger partial charge >= 0.3 is 6.18 Å². The first-order valence-electron chi connectivity index (χ1n) is 6.26. The molecule has 0 spiro atoms. The molecule has 1 aliphatic rings. The van der Waals surface area contributed by atoms with Gasteiger partial charge in [-0.1, -0.05) is 6.07 Å². The largest absolute Gasteiger partial charge is 0.416 e. The van der Waals surface area contributed by atoms with Crippen LogP contribution in [0, 0.1) is 12.8 Å². The van der Waals surface area contributed by atoms with Crippen LogP contribution in [0.15, 0.2) is 18.2 Å². The number of Topliss-reactive ketones (excluding diaryl/α,β-unsaturated/α-hetero) is 1. The lowest BCUT2D eigenvalue weighted by atomic mass is 9.92. The smallest absolute Gasteiger partial charge is 0.328 e. The normalized spacial score (nSPS) is 23.6. The van der Waals surface area contributed by atoms with E-state index in [1.807, 2.05) is 0 Å². The summed E-state index contributed by atoms with van der Waals surface area (Å²) in [7, 11) is 0. The molecule has 1 saturated carbocycles. The zero-order valence-electron chi connectivity index (χ0n) is 10.6. The van der Waals surface area contributed by atoms with Gasteiger partial charge < -0.3 is 5.73 Å². The second kappa shape index (κ2) is 4.96. The fourth-order valence-corrected chi connectivity index (χ4v) is 2.59. The number of carbonyl (C=O) groups is 1. The Morgan fingerprint density at radius 3 is 2.47 bits per heavy atom. The van der Waals surface area contributed by atoms with Crippen LogP contribution in [0.2, 0.25) is 0 Å². The molecule has 19 heavy (non-hydrogen) atoms. The SMILES string of the molecule is Cc1cc(C(F)(F)F)ccc1C(=O)C1CCC(N)C1. The Morgan fingerprint density at radius 2 is 2.00 bits per heavy atom. The topological polar surface area (TPSA) is 43.1 Å². The van der Waals surface area contributed by atoms with E-state index in [1.54, 1.807) is 0 Å². The average Bonchev–Trinajstić information content (AvgIpc) is 2.73. The Balaban J connectivity index is 2.24. The maximum Gasteiger partial charge on any atom is 0.416 e. The number of nitrogens with two attached hydrogens (primary N) is 1. The molecule has 0 aliphatic heterocycles. The van der Waals surface area contributed by atoms with Gasteiger partial charge in [-0.25, -0.2) is 0 Å². The summed E-state index contributed by atoms with van der Waals surface area (Å²) in [6.45, 7) is 1.54. The molecule has 2 nitrogen and oxygen atoms in total. The fourth-order valence-electron chi connectivity index (χ4n) is 2.59. The van der Waals surface area contributed by atoms with E-state index in [0.29, 0.717) is 17.5 Å². The van der Waals surface area contributed by atoms with Gasteiger partial charge in [0.05, 0.1) is 5.56 Å². The molecule has 2 rings (SSSR count). The second-order valence-electron chi connectivity index (χ2n) is 5.16. The van der Waals surface area contributed by atoms with Crippen molar-refractivity contribution in [1.29, 1.82) is 0 Å². The maximum absolute atomic E-state index is 12.6. The lowest BCUT2D eigenvalue weighted by Crippen LogP contribution is -2.19. The first kappa shape index (κ1) is 14.1. The number of carbonyl (C=O) groups excluding carboxylic acids is 1. The van der Waals surface area contributed by atoms with Crippen molar-refractivity contribution < 1.29 is 18.0 Å². The summed E-state index contributed by atoms with van der Waals surface area (Å²) in [6.07, 6.45) is -2.22. The molecule has 0 bridgehead atoms. The third-order valence-electron chi connectivity index (χ3n) is 3.66. The van der Waals surface area contributed by atoms with Crippen LogP contribution in [0.3, 0.4) is 0 Å². The molecule has 2 N–H and O–H groups in total. The quantitative estimate of drug-likeness (QED) is 0.838. The molecule has 104 valence electrons. The molecule has 0 aromatic heterocycles. The average molecular weight is 271 g/mol. The molecule has 0 heterocycles. The van der Waals surface area contributed by atoms with Gasteiger partial charge in [-0.3, -0.25) is 4.79 Å². The highest BCUT2D eigenvalue weighted by Gasteiger charge is 2.33. The van der Waals surface area contributed by atoms with Gasteiger partial charge in [-0.15, -0.1) is 0 Å². The number of benzene rings is 1. The Labute approximate surface area is 109 Å². The van der Waals surface area contributed by atoms with Crippen LogP contribution in [0.25, 0.3) is 0 Å². The number of rotatable bonds is 2. The molecule has 0 amide bonds. The van der Waals surface area contributed by atoms with E-state index >= 15 is 0 Å². The molecule has 5 heteroatoms. The van der Waals surface area contributed by atoms with Crippen molar-refractivity contribution >= 4 is 5.78 Å². The zero-order chi connectivity index (χ0) is 14.2. The predicted octanol–water partition coefficient (Wildman–Crippen LogP) is 3.32. The summed E-state index contributed by atoms with van der Waals surface area (Å²) in [5, 5.41) is 0. The minimum absolute atomic E-state index is 0.0312. The Kier molecular flexibility index (Phi) is 3.67. The van der Waals surface area contributed by atoms with E-state index in [1.165, 1.54) is 13.0 Å². The van der Waals surface area contributed by atoms with Crippen LogP contribution in [0.5, 0.6) is 0 Å². The molecule has 1 fully saturated rings. The monoisotopic (exact) mass is 271 g/mol. The van der Waals surface area contributed by atoms with E-state index in [0.717, 1.165) is 25.0 Å². The van der Waals surface area contributed by atoms with Gasteiger partial charge in [-0.2, -0.15) is 13.2 Å². The Morgan fingerprint density at radius 1 is 1.32 bits per heavy atom. The minimum atomic E-state index is -4.37. The molecule has 0 saturated heterocycles. The number of hydrogen-bond acceptors (Lipinski definition) is 2.